The first-order valence-corrected chi connectivity index (χ1v) is 10.3. The fourth-order valence-electron chi connectivity index (χ4n) is 3.61. The highest BCUT2D eigenvalue weighted by molar-refractivity contribution is 7.54. The van der Waals surface area contributed by atoms with E-state index in [1.807, 2.05) is 34.6 Å². The van der Waals surface area contributed by atoms with Gasteiger partial charge < -0.3 is 24.0 Å². The third-order valence-electron chi connectivity index (χ3n) is 4.56. The van der Waals surface area contributed by atoms with Crippen molar-refractivity contribution in [1.29, 1.82) is 0 Å². The standard InChI is InChI=1S/C16H31N2O5P/c1-6-21-24(20,22-7-2)13-10-17-11-16(13)8-9-18(12-16)14(19)23-15(3,4)5/h13,17H,6-12H2,1-5H3. The Bertz CT molecular complexity index is 497. The van der Waals surface area contributed by atoms with Crippen molar-refractivity contribution in [1.82, 2.24) is 10.2 Å². The van der Waals surface area contributed by atoms with E-state index in [1.54, 1.807) is 4.90 Å². The van der Waals surface area contributed by atoms with Crippen molar-refractivity contribution in [3.8, 4) is 0 Å². The summed E-state index contributed by atoms with van der Waals surface area (Å²) in [5.74, 6) is 0. The first-order valence-electron chi connectivity index (χ1n) is 8.73. The van der Waals surface area contributed by atoms with Crippen LogP contribution in [0, 0.1) is 5.41 Å². The van der Waals surface area contributed by atoms with Gasteiger partial charge in [-0.15, -0.1) is 0 Å². The maximum Gasteiger partial charge on any atom is 0.410 e. The number of rotatable bonds is 5. The van der Waals surface area contributed by atoms with E-state index in [9.17, 15) is 9.36 Å². The molecule has 8 heteroatoms. The second kappa shape index (κ2) is 7.32. The third-order valence-corrected chi connectivity index (χ3v) is 7.29. The van der Waals surface area contributed by atoms with Gasteiger partial charge in [-0.25, -0.2) is 4.79 Å². The summed E-state index contributed by atoms with van der Waals surface area (Å²) in [7, 11) is -3.22. The fourth-order valence-corrected chi connectivity index (χ4v) is 6.09. The minimum Gasteiger partial charge on any atom is -0.444 e. The van der Waals surface area contributed by atoms with Gasteiger partial charge in [0.25, 0.3) is 0 Å². The number of hydrogen-bond donors (Lipinski definition) is 1. The van der Waals surface area contributed by atoms with E-state index in [0.717, 1.165) is 6.42 Å². The van der Waals surface area contributed by atoms with E-state index in [0.29, 0.717) is 39.4 Å². The second-order valence-electron chi connectivity index (χ2n) is 7.54. The van der Waals surface area contributed by atoms with Crippen molar-refractivity contribution in [2.45, 2.75) is 52.3 Å². The molecule has 2 saturated heterocycles. The quantitative estimate of drug-likeness (QED) is 0.758. The van der Waals surface area contributed by atoms with Crippen molar-refractivity contribution < 1.29 is 23.1 Å². The summed E-state index contributed by atoms with van der Waals surface area (Å²) in [6, 6.07) is 0. The predicted molar refractivity (Wildman–Crippen MR) is 92.4 cm³/mol. The highest BCUT2D eigenvalue weighted by Crippen LogP contribution is 2.61. The molecule has 0 radical (unpaired) electrons. The Labute approximate surface area is 144 Å². The van der Waals surface area contributed by atoms with Crippen molar-refractivity contribution in [2.75, 3.05) is 39.4 Å². The summed E-state index contributed by atoms with van der Waals surface area (Å²) in [4.78, 5) is 14.1. The van der Waals surface area contributed by atoms with Gasteiger partial charge in [0.05, 0.1) is 18.9 Å². The molecule has 0 aliphatic carbocycles. The molecule has 1 N–H and O–H groups in total. The molecule has 2 unspecified atom stereocenters. The number of amides is 1. The number of carbonyl (C=O) groups is 1. The SMILES string of the molecule is CCOP(=O)(OCC)C1CNCC12CCN(C(=O)OC(C)(C)C)C2. The molecule has 0 aromatic carbocycles. The summed E-state index contributed by atoms with van der Waals surface area (Å²) in [6.45, 7) is 12.3. The number of ether oxygens (including phenoxy) is 1. The second-order valence-corrected chi connectivity index (χ2v) is 9.76. The zero-order chi connectivity index (χ0) is 18.0. The molecule has 0 saturated carbocycles. The lowest BCUT2D eigenvalue weighted by molar-refractivity contribution is 0.0274. The van der Waals surface area contributed by atoms with Gasteiger partial charge in [0.15, 0.2) is 0 Å². The molecule has 2 rings (SSSR count). The molecule has 0 aromatic heterocycles. The highest BCUT2D eigenvalue weighted by Gasteiger charge is 2.57. The molecular formula is C16H31N2O5P. The van der Waals surface area contributed by atoms with Crippen LogP contribution >= 0.6 is 7.60 Å². The number of nitrogens with one attached hydrogen (secondary N) is 1. The average molecular weight is 362 g/mol. The molecule has 2 aliphatic rings. The van der Waals surface area contributed by atoms with E-state index in [2.05, 4.69) is 5.32 Å². The molecule has 2 fully saturated rings. The van der Waals surface area contributed by atoms with E-state index in [4.69, 9.17) is 13.8 Å². The summed E-state index contributed by atoms with van der Waals surface area (Å²) >= 11 is 0. The summed E-state index contributed by atoms with van der Waals surface area (Å²) in [5, 5.41) is 3.32. The van der Waals surface area contributed by atoms with Crippen LogP contribution in [-0.4, -0.2) is 61.6 Å². The molecule has 140 valence electrons. The Hall–Kier alpha value is -0.620. The van der Waals surface area contributed by atoms with Gasteiger partial charge in [-0.2, -0.15) is 0 Å². The molecule has 0 aromatic rings. The van der Waals surface area contributed by atoms with Gasteiger partial charge >= 0.3 is 13.7 Å². The number of likely N-dealkylation sites (tertiary alicyclic amines) is 1. The summed E-state index contributed by atoms with van der Waals surface area (Å²) in [6.07, 6.45) is 0.460. The number of nitrogens with zero attached hydrogens (tertiary/aromatic N) is 1. The molecule has 2 aliphatic heterocycles. The summed E-state index contributed by atoms with van der Waals surface area (Å²) in [5.41, 5.74) is -1.04. The molecular weight excluding hydrogens is 331 g/mol. The van der Waals surface area contributed by atoms with E-state index < -0.39 is 13.2 Å². The Morgan fingerprint density at radius 2 is 1.92 bits per heavy atom. The van der Waals surface area contributed by atoms with Crippen LogP contribution in [-0.2, 0) is 18.3 Å². The van der Waals surface area contributed by atoms with Gasteiger partial charge in [-0.1, -0.05) is 0 Å². The Balaban J connectivity index is 2.15. The van der Waals surface area contributed by atoms with Crippen LogP contribution in [0.15, 0.2) is 0 Å². The van der Waals surface area contributed by atoms with E-state index >= 15 is 0 Å². The largest absolute Gasteiger partial charge is 0.444 e. The van der Waals surface area contributed by atoms with Crippen LogP contribution < -0.4 is 5.32 Å². The number of carbonyl (C=O) groups excluding carboxylic acids is 1. The normalized spacial score (nSPS) is 27.9. The Morgan fingerprint density at radius 1 is 1.29 bits per heavy atom. The molecule has 2 heterocycles. The lowest BCUT2D eigenvalue weighted by Crippen LogP contribution is -2.41. The smallest absolute Gasteiger partial charge is 0.410 e. The minimum absolute atomic E-state index is 0.239. The zero-order valence-electron chi connectivity index (χ0n) is 15.5. The van der Waals surface area contributed by atoms with Crippen LogP contribution in [0.5, 0.6) is 0 Å². The third kappa shape index (κ3) is 4.13. The predicted octanol–water partition coefficient (Wildman–Crippen LogP) is 2.85. The maximum absolute atomic E-state index is 13.3. The monoisotopic (exact) mass is 362 g/mol. The van der Waals surface area contributed by atoms with Crippen LogP contribution in [0.2, 0.25) is 0 Å². The summed E-state index contributed by atoms with van der Waals surface area (Å²) < 4.78 is 29.9. The maximum atomic E-state index is 13.3. The number of hydrogen-bond acceptors (Lipinski definition) is 6. The molecule has 2 atom stereocenters. The molecule has 1 spiro atoms. The first-order chi connectivity index (χ1) is 11.2. The average Bonchev–Trinajstić information content (AvgIpc) is 3.06. The topological polar surface area (TPSA) is 77.1 Å². The highest BCUT2D eigenvalue weighted by atomic mass is 31.2. The lowest BCUT2D eigenvalue weighted by Gasteiger charge is -2.34. The van der Waals surface area contributed by atoms with Gasteiger partial charge in [0.2, 0.25) is 0 Å². The minimum atomic E-state index is -3.22. The van der Waals surface area contributed by atoms with Crippen LogP contribution in [0.25, 0.3) is 0 Å². The van der Waals surface area contributed by atoms with Crippen molar-refractivity contribution in [3.63, 3.8) is 0 Å². The van der Waals surface area contributed by atoms with E-state index in [1.165, 1.54) is 0 Å². The zero-order valence-corrected chi connectivity index (χ0v) is 16.4. The Kier molecular flexibility index (Phi) is 6.01. The Morgan fingerprint density at radius 3 is 2.46 bits per heavy atom. The van der Waals surface area contributed by atoms with E-state index in [-0.39, 0.29) is 17.2 Å². The first kappa shape index (κ1) is 19.7. The molecule has 1 amide bonds. The van der Waals surface area contributed by atoms with Crippen molar-refractivity contribution in [2.24, 2.45) is 5.41 Å². The molecule has 24 heavy (non-hydrogen) atoms. The van der Waals surface area contributed by atoms with Gasteiger partial charge in [-0.3, -0.25) is 4.57 Å². The van der Waals surface area contributed by atoms with Gasteiger partial charge in [0, 0.05) is 31.6 Å². The van der Waals surface area contributed by atoms with Crippen LogP contribution in [0.1, 0.15) is 41.0 Å². The van der Waals surface area contributed by atoms with Crippen molar-refractivity contribution >= 4 is 13.7 Å². The fraction of sp³-hybridized carbons (Fsp3) is 0.938. The van der Waals surface area contributed by atoms with Crippen LogP contribution in [0.4, 0.5) is 4.79 Å². The molecule has 0 bridgehead atoms. The van der Waals surface area contributed by atoms with Crippen molar-refractivity contribution in [3.05, 3.63) is 0 Å². The molecule has 7 nitrogen and oxygen atoms in total. The lowest BCUT2D eigenvalue weighted by atomic mass is 9.86. The van der Waals surface area contributed by atoms with Gasteiger partial charge in [-0.05, 0) is 41.0 Å². The van der Waals surface area contributed by atoms with Gasteiger partial charge in [0.1, 0.15) is 5.60 Å². The van der Waals surface area contributed by atoms with Crippen LogP contribution in [0.3, 0.4) is 0 Å².